The molecule has 0 spiro atoms. The van der Waals surface area contributed by atoms with E-state index in [2.05, 4.69) is 4.74 Å². The Balaban J connectivity index is 3.21. The molecule has 0 aliphatic heterocycles. The summed E-state index contributed by atoms with van der Waals surface area (Å²) < 4.78 is 30.5. The van der Waals surface area contributed by atoms with Gasteiger partial charge < -0.3 is 4.74 Å². The first-order valence-corrected chi connectivity index (χ1v) is 7.45. The van der Waals surface area contributed by atoms with Gasteiger partial charge in [-0.15, -0.1) is 0 Å². The fourth-order valence-electron chi connectivity index (χ4n) is 1.52. The fraction of sp³-hybridized carbons (Fsp3) is 0.417. The van der Waals surface area contributed by atoms with E-state index in [-0.39, 0.29) is 22.5 Å². The lowest BCUT2D eigenvalue weighted by Gasteiger charge is -2.25. The van der Waals surface area contributed by atoms with Crippen molar-refractivity contribution in [1.82, 2.24) is 4.31 Å². The van der Waals surface area contributed by atoms with Gasteiger partial charge in [-0.2, -0.15) is 4.31 Å². The van der Waals surface area contributed by atoms with Crippen LogP contribution in [0, 0.1) is 0 Å². The zero-order valence-corrected chi connectivity index (χ0v) is 12.5. The summed E-state index contributed by atoms with van der Waals surface area (Å²) in [5.74, 6) is -0.621. The molecule has 19 heavy (non-hydrogen) atoms. The maximum atomic E-state index is 12.5. The average Bonchev–Trinajstić information content (AvgIpc) is 2.35. The topological polar surface area (TPSA) is 63.7 Å². The molecule has 0 aliphatic carbocycles. The molecular formula is C12H16ClNO4S. The molecule has 0 fully saturated rings. The van der Waals surface area contributed by atoms with Crippen molar-refractivity contribution in [1.29, 1.82) is 0 Å². The van der Waals surface area contributed by atoms with Crippen LogP contribution >= 0.6 is 11.6 Å². The molecular weight excluding hydrogens is 290 g/mol. The monoisotopic (exact) mass is 305 g/mol. The molecule has 5 nitrogen and oxygen atoms in total. The number of nitrogens with zero attached hydrogens (tertiary/aromatic N) is 1. The van der Waals surface area contributed by atoms with Crippen LogP contribution in [0.25, 0.3) is 0 Å². The molecule has 0 aliphatic rings. The van der Waals surface area contributed by atoms with Gasteiger partial charge in [0.05, 0.1) is 12.1 Å². The summed E-state index contributed by atoms with van der Waals surface area (Å²) >= 11 is 5.91. The van der Waals surface area contributed by atoms with Crippen molar-refractivity contribution < 1.29 is 17.9 Å². The summed E-state index contributed by atoms with van der Waals surface area (Å²) in [7, 11) is -2.62. The second-order valence-corrected chi connectivity index (χ2v) is 6.42. The lowest BCUT2D eigenvalue weighted by atomic mass is 10.4. The minimum absolute atomic E-state index is 0.0192. The fourth-order valence-corrected chi connectivity index (χ4v) is 3.59. The Morgan fingerprint density at radius 3 is 2.42 bits per heavy atom. The third-order valence-corrected chi connectivity index (χ3v) is 5.03. The summed E-state index contributed by atoms with van der Waals surface area (Å²) in [4.78, 5) is 11.3. The van der Waals surface area contributed by atoms with Gasteiger partial charge in [0.15, 0.2) is 0 Å². The van der Waals surface area contributed by atoms with Gasteiger partial charge in [0.25, 0.3) is 0 Å². The maximum Gasteiger partial charge on any atom is 0.321 e. The van der Waals surface area contributed by atoms with Gasteiger partial charge in [-0.05, 0) is 26.0 Å². The van der Waals surface area contributed by atoms with Crippen molar-refractivity contribution in [2.24, 2.45) is 0 Å². The molecule has 1 aromatic carbocycles. The lowest BCUT2D eigenvalue weighted by molar-refractivity contribution is -0.141. The van der Waals surface area contributed by atoms with Crippen molar-refractivity contribution >= 4 is 27.6 Å². The number of halogens is 1. The molecule has 0 saturated carbocycles. The first kappa shape index (κ1) is 15.9. The van der Waals surface area contributed by atoms with Crippen molar-refractivity contribution in [3.63, 3.8) is 0 Å². The predicted molar refractivity (Wildman–Crippen MR) is 72.5 cm³/mol. The highest BCUT2D eigenvalue weighted by molar-refractivity contribution is 7.89. The molecule has 0 aromatic heterocycles. The van der Waals surface area contributed by atoms with Crippen LogP contribution in [0.2, 0.25) is 5.02 Å². The third kappa shape index (κ3) is 3.68. The summed E-state index contributed by atoms with van der Waals surface area (Å²) in [5, 5.41) is 0.123. The molecule has 0 atom stereocenters. The number of ether oxygens (including phenoxy) is 1. The van der Waals surface area contributed by atoms with Crippen LogP contribution in [0.4, 0.5) is 0 Å². The lowest BCUT2D eigenvalue weighted by Crippen LogP contribution is -2.41. The Bertz CT molecular complexity index is 557. The maximum absolute atomic E-state index is 12.5. The van der Waals surface area contributed by atoms with Gasteiger partial charge in [0, 0.05) is 6.04 Å². The molecule has 0 unspecified atom stereocenters. The second kappa shape index (κ2) is 6.36. The normalized spacial score (nSPS) is 11.9. The van der Waals surface area contributed by atoms with Gasteiger partial charge in [0.1, 0.15) is 11.4 Å². The smallest absolute Gasteiger partial charge is 0.321 e. The molecule has 0 N–H and O–H groups in total. The minimum Gasteiger partial charge on any atom is -0.468 e. The molecule has 106 valence electrons. The number of carbonyl (C=O) groups is 1. The largest absolute Gasteiger partial charge is 0.468 e. The van der Waals surface area contributed by atoms with Crippen LogP contribution in [-0.2, 0) is 19.6 Å². The molecule has 1 rings (SSSR count). The number of benzene rings is 1. The summed E-state index contributed by atoms with van der Waals surface area (Å²) in [6.07, 6.45) is 0. The van der Waals surface area contributed by atoms with E-state index >= 15 is 0 Å². The van der Waals surface area contributed by atoms with Crippen molar-refractivity contribution in [2.45, 2.75) is 24.8 Å². The standard InChI is InChI=1S/C12H16ClNO4S/c1-9(2)14(8-12(15)18-3)19(16,17)11-7-5-4-6-10(11)13/h4-7,9H,8H2,1-3H3. The third-order valence-electron chi connectivity index (χ3n) is 2.51. The van der Waals surface area contributed by atoms with Crippen LogP contribution < -0.4 is 0 Å². The summed E-state index contributed by atoms with van der Waals surface area (Å²) in [5.41, 5.74) is 0. The Morgan fingerprint density at radius 2 is 1.95 bits per heavy atom. The van der Waals surface area contributed by atoms with Gasteiger partial charge in [-0.1, -0.05) is 23.7 Å². The van der Waals surface area contributed by atoms with E-state index in [1.165, 1.54) is 19.2 Å². The molecule has 0 radical (unpaired) electrons. The highest BCUT2D eigenvalue weighted by Gasteiger charge is 2.30. The van der Waals surface area contributed by atoms with Gasteiger partial charge in [0.2, 0.25) is 10.0 Å². The van der Waals surface area contributed by atoms with Crippen LogP contribution in [0.3, 0.4) is 0 Å². The first-order valence-electron chi connectivity index (χ1n) is 5.64. The number of rotatable bonds is 5. The van der Waals surface area contributed by atoms with Crippen molar-refractivity contribution in [3.8, 4) is 0 Å². The number of hydrogen-bond donors (Lipinski definition) is 0. The Hall–Kier alpha value is -1.11. The number of carbonyl (C=O) groups excluding carboxylic acids is 1. The Labute approximate surface area is 118 Å². The van der Waals surface area contributed by atoms with Gasteiger partial charge in [-0.3, -0.25) is 4.79 Å². The van der Waals surface area contributed by atoms with Crippen molar-refractivity contribution in [2.75, 3.05) is 13.7 Å². The van der Waals surface area contributed by atoms with E-state index in [0.717, 1.165) is 4.31 Å². The molecule has 7 heteroatoms. The Kier molecular flexibility index (Phi) is 5.34. The first-order chi connectivity index (χ1) is 8.80. The average molecular weight is 306 g/mol. The van der Waals surface area contributed by atoms with E-state index in [1.807, 2.05) is 0 Å². The summed E-state index contributed by atoms with van der Waals surface area (Å²) in [6, 6.07) is 5.73. The van der Waals surface area contributed by atoms with E-state index < -0.39 is 16.0 Å². The number of hydrogen-bond acceptors (Lipinski definition) is 4. The Morgan fingerprint density at radius 1 is 1.37 bits per heavy atom. The summed E-state index contributed by atoms with van der Waals surface area (Å²) in [6.45, 7) is 3.01. The minimum atomic E-state index is -3.84. The van der Waals surface area contributed by atoms with E-state index in [1.54, 1.807) is 26.0 Å². The number of sulfonamides is 1. The van der Waals surface area contributed by atoms with Crippen LogP contribution in [0.1, 0.15) is 13.8 Å². The number of esters is 1. The van der Waals surface area contributed by atoms with E-state index in [9.17, 15) is 13.2 Å². The zero-order valence-electron chi connectivity index (χ0n) is 11.0. The van der Waals surface area contributed by atoms with Crippen LogP contribution in [0.15, 0.2) is 29.2 Å². The van der Waals surface area contributed by atoms with E-state index in [0.29, 0.717) is 0 Å². The number of methoxy groups -OCH3 is 1. The van der Waals surface area contributed by atoms with Gasteiger partial charge >= 0.3 is 5.97 Å². The molecule has 0 saturated heterocycles. The molecule has 0 amide bonds. The highest BCUT2D eigenvalue weighted by atomic mass is 35.5. The molecule has 0 bridgehead atoms. The second-order valence-electron chi connectivity index (χ2n) is 4.15. The van der Waals surface area contributed by atoms with E-state index in [4.69, 9.17) is 11.6 Å². The SMILES string of the molecule is COC(=O)CN(C(C)C)S(=O)(=O)c1ccccc1Cl. The van der Waals surface area contributed by atoms with Gasteiger partial charge in [-0.25, -0.2) is 8.42 Å². The predicted octanol–water partition coefficient (Wildman–Crippen LogP) is 1.91. The quantitative estimate of drug-likeness (QED) is 0.780. The van der Waals surface area contributed by atoms with Crippen LogP contribution in [-0.4, -0.2) is 38.4 Å². The zero-order chi connectivity index (χ0) is 14.6. The van der Waals surface area contributed by atoms with Crippen molar-refractivity contribution in [3.05, 3.63) is 29.3 Å². The molecule has 1 aromatic rings. The highest BCUT2D eigenvalue weighted by Crippen LogP contribution is 2.25. The molecule has 0 heterocycles. The van der Waals surface area contributed by atoms with Crippen LogP contribution in [0.5, 0.6) is 0 Å².